The van der Waals surface area contributed by atoms with Crippen molar-refractivity contribution in [3.63, 3.8) is 0 Å². The van der Waals surface area contributed by atoms with Crippen molar-refractivity contribution in [3.8, 4) is 0 Å². The second kappa shape index (κ2) is 4.45. The Morgan fingerprint density at radius 1 is 1.53 bits per heavy atom. The standard InChI is InChI=1S/C13H16FNO2/c1-9-3-4-10(11(14)7-9)12(17)15-13(8-16)5-2-6-13/h3-4,7,16H,2,5-6,8H2,1H3,(H,15,17). The summed E-state index contributed by atoms with van der Waals surface area (Å²) in [6.45, 7) is 1.68. The highest BCUT2D eigenvalue weighted by molar-refractivity contribution is 5.95. The van der Waals surface area contributed by atoms with Crippen LogP contribution in [0.4, 0.5) is 4.39 Å². The maximum absolute atomic E-state index is 13.6. The summed E-state index contributed by atoms with van der Waals surface area (Å²) >= 11 is 0. The molecule has 1 amide bonds. The molecule has 0 heterocycles. The largest absolute Gasteiger partial charge is 0.394 e. The first-order chi connectivity index (χ1) is 8.06. The Bertz CT molecular complexity index is 436. The van der Waals surface area contributed by atoms with Crippen molar-refractivity contribution in [2.24, 2.45) is 0 Å². The van der Waals surface area contributed by atoms with Gasteiger partial charge in [-0.05, 0) is 43.9 Å². The van der Waals surface area contributed by atoms with Gasteiger partial charge in [0.15, 0.2) is 0 Å². The van der Waals surface area contributed by atoms with E-state index in [9.17, 15) is 14.3 Å². The van der Waals surface area contributed by atoms with Crippen LogP contribution in [0.25, 0.3) is 0 Å². The lowest BCUT2D eigenvalue weighted by molar-refractivity contribution is 0.0638. The van der Waals surface area contributed by atoms with E-state index in [2.05, 4.69) is 5.32 Å². The summed E-state index contributed by atoms with van der Waals surface area (Å²) in [7, 11) is 0. The smallest absolute Gasteiger partial charge is 0.254 e. The highest BCUT2D eigenvalue weighted by Gasteiger charge is 2.38. The van der Waals surface area contributed by atoms with Crippen LogP contribution in [0.1, 0.15) is 35.2 Å². The predicted octanol–water partition coefficient (Wildman–Crippen LogP) is 1.78. The van der Waals surface area contributed by atoms with Crippen molar-refractivity contribution >= 4 is 5.91 Å². The normalized spacial score (nSPS) is 17.4. The molecule has 1 aromatic rings. The van der Waals surface area contributed by atoms with E-state index in [4.69, 9.17) is 0 Å². The first kappa shape index (κ1) is 12.0. The minimum absolute atomic E-state index is 0.0373. The third-order valence-electron chi connectivity index (χ3n) is 3.36. The highest BCUT2D eigenvalue weighted by Crippen LogP contribution is 2.31. The number of hydrogen-bond donors (Lipinski definition) is 2. The number of aliphatic hydroxyl groups excluding tert-OH is 1. The first-order valence-corrected chi connectivity index (χ1v) is 5.76. The lowest BCUT2D eigenvalue weighted by atomic mass is 9.77. The summed E-state index contributed by atoms with van der Waals surface area (Å²) in [5.41, 5.74) is 0.281. The quantitative estimate of drug-likeness (QED) is 0.841. The zero-order valence-electron chi connectivity index (χ0n) is 9.79. The molecule has 92 valence electrons. The van der Waals surface area contributed by atoms with E-state index in [1.165, 1.54) is 12.1 Å². The highest BCUT2D eigenvalue weighted by atomic mass is 19.1. The van der Waals surface area contributed by atoms with Crippen LogP contribution in [0.5, 0.6) is 0 Å². The molecule has 1 fully saturated rings. The number of carbonyl (C=O) groups is 1. The Kier molecular flexibility index (Phi) is 3.15. The van der Waals surface area contributed by atoms with Gasteiger partial charge >= 0.3 is 0 Å². The van der Waals surface area contributed by atoms with E-state index in [1.807, 2.05) is 0 Å². The topological polar surface area (TPSA) is 49.3 Å². The van der Waals surface area contributed by atoms with Crippen LogP contribution >= 0.6 is 0 Å². The maximum atomic E-state index is 13.6. The molecule has 3 nitrogen and oxygen atoms in total. The Labute approximate surface area is 99.7 Å². The zero-order valence-corrected chi connectivity index (χ0v) is 9.79. The summed E-state index contributed by atoms with van der Waals surface area (Å²) in [4.78, 5) is 11.9. The fourth-order valence-electron chi connectivity index (χ4n) is 2.04. The summed E-state index contributed by atoms with van der Waals surface area (Å²) in [5.74, 6) is -0.967. The molecular weight excluding hydrogens is 221 g/mol. The van der Waals surface area contributed by atoms with E-state index >= 15 is 0 Å². The van der Waals surface area contributed by atoms with Crippen molar-refractivity contribution < 1.29 is 14.3 Å². The van der Waals surface area contributed by atoms with Gasteiger partial charge in [-0.3, -0.25) is 4.79 Å². The lowest BCUT2D eigenvalue weighted by Gasteiger charge is -2.40. The van der Waals surface area contributed by atoms with Crippen molar-refractivity contribution in [2.45, 2.75) is 31.7 Å². The van der Waals surface area contributed by atoms with Gasteiger partial charge in [0.05, 0.1) is 17.7 Å². The van der Waals surface area contributed by atoms with Crippen molar-refractivity contribution in [1.29, 1.82) is 0 Å². The summed E-state index contributed by atoms with van der Waals surface area (Å²) < 4.78 is 13.6. The van der Waals surface area contributed by atoms with Gasteiger partial charge in [0, 0.05) is 0 Å². The van der Waals surface area contributed by atoms with Gasteiger partial charge in [0.2, 0.25) is 0 Å². The SMILES string of the molecule is Cc1ccc(C(=O)NC2(CO)CCC2)c(F)c1. The van der Waals surface area contributed by atoms with Gasteiger partial charge in [-0.2, -0.15) is 0 Å². The number of aryl methyl sites for hydroxylation is 1. The Hall–Kier alpha value is -1.42. The van der Waals surface area contributed by atoms with Gasteiger partial charge in [-0.15, -0.1) is 0 Å². The van der Waals surface area contributed by atoms with Gasteiger partial charge in [-0.1, -0.05) is 6.07 Å². The summed E-state index contributed by atoms with van der Waals surface area (Å²) in [6, 6.07) is 4.51. The van der Waals surface area contributed by atoms with Crippen LogP contribution in [0.3, 0.4) is 0 Å². The molecule has 0 bridgehead atoms. The van der Waals surface area contributed by atoms with Crippen molar-refractivity contribution in [2.75, 3.05) is 6.61 Å². The molecule has 2 N–H and O–H groups in total. The predicted molar refractivity (Wildman–Crippen MR) is 62.3 cm³/mol. The molecular formula is C13H16FNO2. The number of hydrogen-bond acceptors (Lipinski definition) is 2. The van der Waals surface area contributed by atoms with Crippen LogP contribution in [-0.4, -0.2) is 23.2 Å². The van der Waals surface area contributed by atoms with Crippen LogP contribution in [-0.2, 0) is 0 Å². The zero-order chi connectivity index (χ0) is 12.5. The second-order valence-electron chi connectivity index (χ2n) is 4.73. The average Bonchev–Trinajstić information content (AvgIpc) is 2.23. The molecule has 0 atom stereocenters. The Morgan fingerprint density at radius 2 is 2.24 bits per heavy atom. The van der Waals surface area contributed by atoms with E-state index in [0.717, 1.165) is 24.8 Å². The Morgan fingerprint density at radius 3 is 2.71 bits per heavy atom. The van der Waals surface area contributed by atoms with Crippen LogP contribution < -0.4 is 5.32 Å². The molecule has 1 aliphatic carbocycles. The van der Waals surface area contributed by atoms with Gasteiger partial charge in [0.1, 0.15) is 5.82 Å². The van der Waals surface area contributed by atoms with E-state index in [1.54, 1.807) is 13.0 Å². The average molecular weight is 237 g/mol. The first-order valence-electron chi connectivity index (χ1n) is 5.76. The molecule has 0 radical (unpaired) electrons. The minimum Gasteiger partial charge on any atom is -0.394 e. The molecule has 0 spiro atoms. The molecule has 2 rings (SSSR count). The van der Waals surface area contributed by atoms with E-state index in [0.29, 0.717) is 0 Å². The second-order valence-corrected chi connectivity index (χ2v) is 4.73. The van der Waals surface area contributed by atoms with Crippen molar-refractivity contribution in [1.82, 2.24) is 5.32 Å². The molecule has 1 aromatic carbocycles. The molecule has 0 saturated heterocycles. The van der Waals surface area contributed by atoms with Gasteiger partial charge in [0.25, 0.3) is 5.91 Å². The van der Waals surface area contributed by atoms with Crippen LogP contribution in [0, 0.1) is 12.7 Å². The molecule has 4 heteroatoms. The monoisotopic (exact) mass is 237 g/mol. The molecule has 0 aromatic heterocycles. The number of aliphatic hydroxyl groups is 1. The third-order valence-corrected chi connectivity index (χ3v) is 3.36. The van der Waals surface area contributed by atoms with Gasteiger partial charge < -0.3 is 10.4 Å². The summed E-state index contributed by atoms with van der Waals surface area (Å²) in [5, 5.41) is 12.0. The molecule has 0 aliphatic heterocycles. The van der Waals surface area contributed by atoms with Crippen molar-refractivity contribution in [3.05, 3.63) is 35.1 Å². The molecule has 0 unspecified atom stereocenters. The fraction of sp³-hybridized carbons (Fsp3) is 0.462. The fourth-order valence-corrected chi connectivity index (χ4v) is 2.04. The van der Waals surface area contributed by atoms with Crippen LogP contribution in [0.2, 0.25) is 0 Å². The molecule has 17 heavy (non-hydrogen) atoms. The van der Waals surface area contributed by atoms with Gasteiger partial charge in [-0.25, -0.2) is 4.39 Å². The Balaban J connectivity index is 2.14. The minimum atomic E-state index is -0.533. The number of amides is 1. The number of halogens is 1. The number of nitrogens with one attached hydrogen (secondary N) is 1. The van der Waals surface area contributed by atoms with E-state index < -0.39 is 17.3 Å². The number of rotatable bonds is 3. The lowest BCUT2D eigenvalue weighted by Crippen LogP contribution is -2.56. The molecule has 1 aliphatic rings. The van der Waals surface area contributed by atoms with Crippen LogP contribution in [0.15, 0.2) is 18.2 Å². The third kappa shape index (κ3) is 2.31. The maximum Gasteiger partial charge on any atom is 0.254 e. The van der Waals surface area contributed by atoms with E-state index in [-0.39, 0.29) is 12.2 Å². The summed E-state index contributed by atoms with van der Waals surface area (Å²) in [6.07, 6.45) is 2.49. The number of carbonyl (C=O) groups excluding carboxylic acids is 1. The number of benzene rings is 1. The molecule has 1 saturated carbocycles.